The van der Waals surface area contributed by atoms with Crippen LogP contribution in [0.2, 0.25) is 0 Å². The van der Waals surface area contributed by atoms with E-state index in [0.29, 0.717) is 35.9 Å². The molecule has 4 aromatic rings. The van der Waals surface area contributed by atoms with Gasteiger partial charge in [0.2, 0.25) is 12.7 Å². The van der Waals surface area contributed by atoms with Crippen LogP contribution in [0.15, 0.2) is 84.9 Å². The van der Waals surface area contributed by atoms with Gasteiger partial charge in [0.05, 0.1) is 6.10 Å². The van der Waals surface area contributed by atoms with Gasteiger partial charge in [0.25, 0.3) is 5.91 Å². The Morgan fingerprint density at radius 2 is 1.78 bits per heavy atom. The SMILES string of the molecule is O=C(NC[C@@H]1CCCO1)[C@@H](c1ccc(F)cc1)N(Cc1ccc2c(c1)OCO2)C(=O)c1ccc(-c2ccccc2)[nH]1. The summed E-state index contributed by atoms with van der Waals surface area (Å²) in [7, 11) is 0. The van der Waals surface area contributed by atoms with Crippen molar-refractivity contribution in [2.75, 3.05) is 19.9 Å². The van der Waals surface area contributed by atoms with E-state index in [1.807, 2.05) is 42.5 Å². The lowest BCUT2D eigenvalue weighted by atomic mass is 10.0. The van der Waals surface area contributed by atoms with Crippen molar-refractivity contribution in [1.82, 2.24) is 15.2 Å². The lowest BCUT2D eigenvalue weighted by Crippen LogP contribution is -2.45. The molecule has 1 fully saturated rings. The highest BCUT2D eigenvalue weighted by molar-refractivity contribution is 5.97. The highest BCUT2D eigenvalue weighted by Gasteiger charge is 2.34. The second-order valence-corrected chi connectivity index (χ2v) is 10.1. The predicted molar refractivity (Wildman–Crippen MR) is 150 cm³/mol. The summed E-state index contributed by atoms with van der Waals surface area (Å²) in [6.45, 7) is 1.19. The molecule has 6 rings (SSSR count). The molecule has 0 radical (unpaired) electrons. The van der Waals surface area contributed by atoms with Crippen molar-refractivity contribution in [3.8, 4) is 22.8 Å². The van der Waals surface area contributed by atoms with E-state index in [4.69, 9.17) is 14.2 Å². The predicted octanol–water partition coefficient (Wildman–Crippen LogP) is 5.23. The fourth-order valence-corrected chi connectivity index (χ4v) is 5.21. The zero-order chi connectivity index (χ0) is 28.2. The largest absolute Gasteiger partial charge is 0.454 e. The van der Waals surface area contributed by atoms with Crippen LogP contribution in [0.1, 0.15) is 40.5 Å². The first-order valence-electron chi connectivity index (χ1n) is 13.6. The number of nitrogens with zero attached hydrogens (tertiary/aromatic N) is 1. The number of hydrogen-bond donors (Lipinski definition) is 2. The second kappa shape index (κ2) is 11.9. The number of nitrogens with one attached hydrogen (secondary N) is 2. The lowest BCUT2D eigenvalue weighted by molar-refractivity contribution is -0.126. The van der Waals surface area contributed by atoms with Crippen molar-refractivity contribution in [2.24, 2.45) is 0 Å². The van der Waals surface area contributed by atoms with E-state index in [1.165, 1.54) is 29.2 Å². The van der Waals surface area contributed by atoms with Crippen LogP contribution in [0.3, 0.4) is 0 Å². The molecule has 3 heterocycles. The Hall–Kier alpha value is -4.63. The van der Waals surface area contributed by atoms with Gasteiger partial charge in [-0.05, 0) is 65.9 Å². The van der Waals surface area contributed by atoms with Crippen LogP contribution >= 0.6 is 0 Å². The van der Waals surface area contributed by atoms with Gasteiger partial charge in [-0.3, -0.25) is 9.59 Å². The van der Waals surface area contributed by atoms with Gasteiger partial charge in [-0.15, -0.1) is 0 Å². The number of aromatic nitrogens is 1. The van der Waals surface area contributed by atoms with Crippen molar-refractivity contribution in [2.45, 2.75) is 31.5 Å². The highest BCUT2D eigenvalue weighted by atomic mass is 19.1. The Kier molecular flexibility index (Phi) is 7.69. The van der Waals surface area contributed by atoms with Crippen LogP contribution in [0.25, 0.3) is 11.3 Å². The molecule has 0 aliphatic carbocycles. The zero-order valence-corrected chi connectivity index (χ0v) is 22.3. The van der Waals surface area contributed by atoms with Gasteiger partial charge in [-0.1, -0.05) is 48.5 Å². The molecular formula is C32H30FN3O5. The molecule has 0 spiro atoms. The van der Waals surface area contributed by atoms with Crippen molar-refractivity contribution >= 4 is 11.8 Å². The molecule has 0 saturated carbocycles. The van der Waals surface area contributed by atoms with Gasteiger partial charge in [0.1, 0.15) is 17.6 Å². The first-order valence-corrected chi connectivity index (χ1v) is 13.6. The van der Waals surface area contributed by atoms with Crippen LogP contribution in [0.5, 0.6) is 11.5 Å². The van der Waals surface area contributed by atoms with Gasteiger partial charge in [-0.2, -0.15) is 0 Å². The smallest absolute Gasteiger partial charge is 0.271 e. The first kappa shape index (κ1) is 26.6. The monoisotopic (exact) mass is 555 g/mol. The average Bonchev–Trinajstić information content (AvgIpc) is 3.79. The maximum absolute atomic E-state index is 14.2. The number of amides is 2. The van der Waals surface area contributed by atoms with E-state index >= 15 is 0 Å². The van der Waals surface area contributed by atoms with Crippen molar-refractivity contribution in [3.63, 3.8) is 0 Å². The fourth-order valence-electron chi connectivity index (χ4n) is 5.21. The lowest BCUT2D eigenvalue weighted by Gasteiger charge is -2.31. The Morgan fingerprint density at radius 1 is 0.976 bits per heavy atom. The van der Waals surface area contributed by atoms with E-state index in [1.54, 1.807) is 18.2 Å². The minimum Gasteiger partial charge on any atom is -0.454 e. The third-order valence-corrected chi connectivity index (χ3v) is 7.33. The van der Waals surface area contributed by atoms with Gasteiger partial charge >= 0.3 is 0 Å². The number of H-pyrrole nitrogens is 1. The first-order chi connectivity index (χ1) is 20.0. The number of hydrogen-bond acceptors (Lipinski definition) is 5. The van der Waals surface area contributed by atoms with Gasteiger partial charge < -0.3 is 29.4 Å². The summed E-state index contributed by atoms with van der Waals surface area (Å²) in [5.74, 6) is -0.00421. The molecule has 210 valence electrons. The van der Waals surface area contributed by atoms with E-state index in [9.17, 15) is 14.0 Å². The molecule has 1 aromatic heterocycles. The summed E-state index contributed by atoms with van der Waals surface area (Å²) in [6.07, 6.45) is 1.71. The Morgan fingerprint density at radius 3 is 2.56 bits per heavy atom. The molecule has 2 aliphatic rings. The highest BCUT2D eigenvalue weighted by Crippen LogP contribution is 2.34. The Bertz CT molecular complexity index is 1520. The quantitative estimate of drug-likeness (QED) is 0.295. The minimum atomic E-state index is -1.04. The number of benzene rings is 3. The van der Waals surface area contributed by atoms with Crippen LogP contribution in [0, 0.1) is 5.82 Å². The maximum atomic E-state index is 14.2. The number of fused-ring (bicyclic) bond motifs is 1. The van der Waals surface area contributed by atoms with Crippen molar-refractivity contribution < 1.29 is 28.2 Å². The minimum absolute atomic E-state index is 0.0809. The molecule has 8 nitrogen and oxygen atoms in total. The summed E-state index contributed by atoms with van der Waals surface area (Å²) < 4.78 is 30.6. The standard InChI is InChI=1S/C32H30FN3O5/c33-24-11-9-23(10-12-24)30(31(37)34-18-25-7-4-16-39-25)36(19-21-8-15-28-29(17-21)41-20-40-28)32(38)27-14-13-26(35-27)22-5-2-1-3-6-22/h1-3,5-6,8-15,17,25,30,35H,4,7,16,18-20H2,(H,34,37)/t25-,30+/m0/s1. The summed E-state index contributed by atoms with van der Waals surface area (Å²) in [5.41, 5.74) is 3.26. The van der Waals surface area contributed by atoms with Crippen LogP contribution in [0.4, 0.5) is 4.39 Å². The molecule has 41 heavy (non-hydrogen) atoms. The molecule has 1 saturated heterocycles. The number of rotatable bonds is 9. The van der Waals surface area contributed by atoms with Crippen LogP contribution in [-0.2, 0) is 16.1 Å². The maximum Gasteiger partial charge on any atom is 0.271 e. The van der Waals surface area contributed by atoms with E-state index in [0.717, 1.165) is 29.7 Å². The molecule has 2 N–H and O–H groups in total. The van der Waals surface area contributed by atoms with Gasteiger partial charge in [0.15, 0.2) is 11.5 Å². The summed E-state index contributed by atoms with van der Waals surface area (Å²) in [4.78, 5) is 32.8. The Balaban J connectivity index is 1.37. The van der Waals surface area contributed by atoms with Gasteiger partial charge in [-0.25, -0.2) is 4.39 Å². The number of ether oxygens (including phenoxy) is 3. The molecule has 2 atom stereocenters. The zero-order valence-electron chi connectivity index (χ0n) is 22.3. The number of halogens is 1. The van der Waals surface area contributed by atoms with Gasteiger partial charge in [0, 0.05) is 25.4 Å². The van der Waals surface area contributed by atoms with Crippen molar-refractivity contribution in [3.05, 3.63) is 108 Å². The van der Waals surface area contributed by atoms with E-state index < -0.39 is 11.9 Å². The molecule has 2 amide bonds. The fraction of sp³-hybridized carbons (Fsp3) is 0.250. The van der Waals surface area contributed by atoms with Crippen LogP contribution < -0.4 is 14.8 Å². The number of carbonyl (C=O) groups excluding carboxylic acids is 2. The number of aromatic amines is 1. The Labute approximate surface area is 237 Å². The van der Waals surface area contributed by atoms with Crippen LogP contribution in [-0.4, -0.2) is 47.7 Å². The second-order valence-electron chi connectivity index (χ2n) is 10.1. The summed E-state index contributed by atoms with van der Waals surface area (Å²) >= 11 is 0. The third kappa shape index (κ3) is 5.95. The molecular weight excluding hydrogens is 525 g/mol. The molecule has 9 heteroatoms. The normalized spacial score (nSPS) is 16.4. The molecule has 2 aliphatic heterocycles. The molecule has 0 unspecified atom stereocenters. The number of carbonyl (C=O) groups is 2. The van der Waals surface area contributed by atoms with Crippen molar-refractivity contribution in [1.29, 1.82) is 0 Å². The molecule has 3 aromatic carbocycles. The van der Waals surface area contributed by atoms with E-state index in [-0.39, 0.29) is 31.3 Å². The summed E-state index contributed by atoms with van der Waals surface area (Å²) in [6, 6.07) is 23.3. The molecule has 0 bridgehead atoms. The summed E-state index contributed by atoms with van der Waals surface area (Å²) in [5, 5.41) is 2.98. The third-order valence-electron chi connectivity index (χ3n) is 7.33. The topological polar surface area (TPSA) is 92.9 Å². The van der Waals surface area contributed by atoms with E-state index in [2.05, 4.69) is 10.3 Å². The average molecular weight is 556 g/mol.